The first-order chi connectivity index (χ1) is 13.0. The van der Waals surface area contributed by atoms with Crippen molar-refractivity contribution in [2.75, 3.05) is 6.61 Å². The first-order valence-electron chi connectivity index (χ1n) is 8.28. The largest absolute Gasteiger partial charge is 0.484 e. The molecule has 152 valence electrons. The lowest BCUT2D eigenvalue weighted by Crippen LogP contribution is -2.19. The molecular weight excluding hydrogens is 454 g/mol. The summed E-state index contributed by atoms with van der Waals surface area (Å²) >= 11 is 3.05. The summed E-state index contributed by atoms with van der Waals surface area (Å²) in [5.74, 6) is -4.37. The van der Waals surface area contributed by atoms with Crippen molar-refractivity contribution in [2.45, 2.75) is 31.2 Å². The van der Waals surface area contributed by atoms with Crippen molar-refractivity contribution in [2.24, 2.45) is 5.92 Å². The summed E-state index contributed by atoms with van der Waals surface area (Å²) in [7, 11) is 0. The van der Waals surface area contributed by atoms with E-state index in [0.717, 1.165) is 0 Å². The van der Waals surface area contributed by atoms with Crippen LogP contribution >= 0.6 is 15.9 Å². The highest BCUT2D eigenvalue weighted by Crippen LogP contribution is 2.56. The van der Waals surface area contributed by atoms with E-state index in [0.29, 0.717) is 11.1 Å². The van der Waals surface area contributed by atoms with E-state index in [9.17, 15) is 26.3 Å². The van der Waals surface area contributed by atoms with E-state index in [-0.39, 0.29) is 23.2 Å². The van der Waals surface area contributed by atoms with Gasteiger partial charge in [-0.2, -0.15) is 13.2 Å². The predicted octanol–water partition coefficient (Wildman–Crippen LogP) is 6.44. The van der Waals surface area contributed by atoms with E-state index in [1.54, 1.807) is 0 Å². The van der Waals surface area contributed by atoms with E-state index in [1.807, 2.05) is 0 Å². The fourth-order valence-electron chi connectivity index (χ4n) is 2.74. The van der Waals surface area contributed by atoms with Crippen LogP contribution in [0.3, 0.4) is 0 Å². The van der Waals surface area contributed by atoms with E-state index in [4.69, 9.17) is 4.74 Å². The Labute approximate surface area is 165 Å². The fourth-order valence-corrected chi connectivity index (χ4v) is 3.17. The standard InChI is InChI=1S/C19H15BrF6O2/c20-15-7-11(1-6-16(15)21)9-27-17(14-8-18(14,22)23)12-2-4-13(5-3-12)28-10-19(24,25)26/h1-7,14,17H,8-10H2. The minimum atomic E-state index is -4.47. The van der Waals surface area contributed by atoms with Gasteiger partial charge < -0.3 is 9.47 Å². The van der Waals surface area contributed by atoms with Crippen molar-refractivity contribution < 1.29 is 35.8 Å². The van der Waals surface area contributed by atoms with Gasteiger partial charge >= 0.3 is 6.18 Å². The van der Waals surface area contributed by atoms with E-state index < -0.39 is 36.5 Å². The summed E-state index contributed by atoms with van der Waals surface area (Å²) in [6, 6.07) is 9.59. The second-order valence-corrected chi connectivity index (χ2v) is 7.38. The molecule has 0 aromatic heterocycles. The van der Waals surface area contributed by atoms with Crippen molar-refractivity contribution in [3.8, 4) is 5.75 Å². The van der Waals surface area contributed by atoms with Crippen LogP contribution in [0.5, 0.6) is 5.75 Å². The van der Waals surface area contributed by atoms with Gasteiger partial charge in [-0.05, 0) is 51.3 Å². The van der Waals surface area contributed by atoms with Crippen molar-refractivity contribution in [1.29, 1.82) is 0 Å². The van der Waals surface area contributed by atoms with Crippen LogP contribution in [-0.4, -0.2) is 18.7 Å². The van der Waals surface area contributed by atoms with Crippen LogP contribution in [0, 0.1) is 11.7 Å². The van der Waals surface area contributed by atoms with E-state index in [2.05, 4.69) is 20.7 Å². The molecule has 28 heavy (non-hydrogen) atoms. The van der Waals surface area contributed by atoms with Crippen LogP contribution in [0.2, 0.25) is 0 Å². The maximum atomic E-state index is 13.6. The molecule has 9 heteroatoms. The third-order valence-corrected chi connectivity index (χ3v) is 4.87. The maximum Gasteiger partial charge on any atom is 0.422 e. The monoisotopic (exact) mass is 468 g/mol. The first-order valence-corrected chi connectivity index (χ1v) is 9.07. The Morgan fingerprint density at radius 1 is 1.11 bits per heavy atom. The number of ether oxygens (including phenoxy) is 2. The van der Waals surface area contributed by atoms with Gasteiger partial charge in [0.25, 0.3) is 5.92 Å². The van der Waals surface area contributed by atoms with Gasteiger partial charge in [0, 0.05) is 6.42 Å². The molecule has 0 saturated heterocycles. The molecule has 0 amide bonds. The zero-order chi connectivity index (χ0) is 20.5. The molecule has 3 rings (SSSR count). The van der Waals surface area contributed by atoms with Crippen LogP contribution in [-0.2, 0) is 11.3 Å². The third-order valence-electron chi connectivity index (χ3n) is 4.26. The van der Waals surface area contributed by atoms with Gasteiger partial charge in [-0.15, -0.1) is 0 Å². The van der Waals surface area contributed by atoms with Crippen LogP contribution in [0.25, 0.3) is 0 Å². The molecule has 1 aliphatic rings. The molecule has 0 aliphatic heterocycles. The number of alkyl halides is 5. The van der Waals surface area contributed by atoms with Crippen molar-refractivity contribution in [3.63, 3.8) is 0 Å². The summed E-state index contributed by atoms with van der Waals surface area (Å²) in [6.07, 6.45) is -5.75. The lowest BCUT2D eigenvalue weighted by molar-refractivity contribution is -0.153. The SMILES string of the molecule is Fc1ccc(COC(c2ccc(OCC(F)(F)F)cc2)C2CC2(F)F)cc1Br. The topological polar surface area (TPSA) is 18.5 Å². The number of hydrogen-bond acceptors (Lipinski definition) is 2. The van der Waals surface area contributed by atoms with Gasteiger partial charge in [0.15, 0.2) is 6.61 Å². The third kappa shape index (κ3) is 5.41. The Kier molecular flexibility index (Phi) is 5.95. The molecule has 2 unspecified atom stereocenters. The van der Waals surface area contributed by atoms with E-state index >= 15 is 0 Å². The maximum absolute atomic E-state index is 13.6. The molecule has 0 radical (unpaired) electrons. The Balaban J connectivity index is 1.70. The van der Waals surface area contributed by atoms with Crippen LogP contribution in [0.4, 0.5) is 26.3 Å². The molecule has 2 atom stereocenters. The zero-order valence-electron chi connectivity index (χ0n) is 14.3. The first kappa shape index (κ1) is 21.0. The number of benzene rings is 2. The molecule has 1 fully saturated rings. The molecule has 1 aliphatic carbocycles. The van der Waals surface area contributed by atoms with Gasteiger partial charge in [0.1, 0.15) is 11.6 Å². The normalized spacial score (nSPS) is 19.3. The lowest BCUT2D eigenvalue weighted by atomic mass is 10.0. The summed E-state index contributed by atoms with van der Waals surface area (Å²) in [6.45, 7) is -1.46. The van der Waals surface area contributed by atoms with Crippen LogP contribution < -0.4 is 4.74 Å². The highest BCUT2D eigenvalue weighted by Gasteiger charge is 2.61. The Hall–Kier alpha value is -1.74. The second-order valence-electron chi connectivity index (χ2n) is 6.52. The molecule has 0 N–H and O–H groups in total. The van der Waals surface area contributed by atoms with Gasteiger partial charge in [0.05, 0.1) is 23.1 Å². The minimum Gasteiger partial charge on any atom is -0.484 e. The molecule has 2 aromatic carbocycles. The van der Waals surface area contributed by atoms with Gasteiger partial charge in [0.2, 0.25) is 0 Å². The van der Waals surface area contributed by atoms with Gasteiger partial charge in [-0.1, -0.05) is 18.2 Å². The Morgan fingerprint density at radius 3 is 2.29 bits per heavy atom. The van der Waals surface area contributed by atoms with Gasteiger partial charge in [-0.3, -0.25) is 0 Å². The lowest BCUT2D eigenvalue weighted by Gasteiger charge is -2.19. The molecule has 0 bridgehead atoms. The quantitative estimate of drug-likeness (QED) is 0.435. The molecule has 0 heterocycles. The second kappa shape index (κ2) is 7.94. The average Bonchev–Trinajstić information content (AvgIpc) is 3.24. The predicted molar refractivity (Wildman–Crippen MR) is 92.7 cm³/mol. The summed E-state index contributed by atoms with van der Waals surface area (Å²) in [5.41, 5.74) is 0.995. The van der Waals surface area contributed by atoms with Crippen molar-refractivity contribution in [1.82, 2.24) is 0 Å². The number of hydrogen-bond donors (Lipinski definition) is 0. The molecule has 0 spiro atoms. The highest BCUT2D eigenvalue weighted by atomic mass is 79.9. The van der Waals surface area contributed by atoms with Gasteiger partial charge in [-0.25, -0.2) is 13.2 Å². The molecular formula is C19H15BrF6O2. The summed E-state index contributed by atoms with van der Waals surface area (Å²) < 4.78 is 87.7. The summed E-state index contributed by atoms with van der Waals surface area (Å²) in [5, 5.41) is 0. The molecule has 2 aromatic rings. The Morgan fingerprint density at radius 2 is 1.75 bits per heavy atom. The van der Waals surface area contributed by atoms with Crippen molar-refractivity contribution in [3.05, 3.63) is 63.9 Å². The van der Waals surface area contributed by atoms with Crippen LogP contribution in [0.1, 0.15) is 23.7 Å². The molecule has 1 saturated carbocycles. The number of halogens is 7. The molecule has 2 nitrogen and oxygen atoms in total. The smallest absolute Gasteiger partial charge is 0.422 e. The Bertz CT molecular complexity index is 822. The van der Waals surface area contributed by atoms with E-state index in [1.165, 1.54) is 42.5 Å². The fraction of sp³-hybridized carbons (Fsp3) is 0.368. The van der Waals surface area contributed by atoms with Crippen molar-refractivity contribution >= 4 is 15.9 Å². The highest BCUT2D eigenvalue weighted by molar-refractivity contribution is 9.10. The average molecular weight is 469 g/mol. The summed E-state index contributed by atoms with van der Waals surface area (Å²) in [4.78, 5) is 0. The number of rotatable bonds is 7. The minimum absolute atomic E-state index is 0.0233. The zero-order valence-corrected chi connectivity index (χ0v) is 15.9. The van der Waals surface area contributed by atoms with Crippen LogP contribution in [0.15, 0.2) is 46.9 Å².